The van der Waals surface area contributed by atoms with E-state index >= 15 is 0 Å². The Kier molecular flexibility index (Phi) is 7.30. The summed E-state index contributed by atoms with van der Waals surface area (Å²) in [4.78, 5) is 11.3. The smallest absolute Gasteiger partial charge is 0.161 e. The molecule has 320 valence electrons. The third-order valence-corrected chi connectivity index (χ3v) is 16.3. The fourth-order valence-electron chi connectivity index (χ4n) is 13.2. The molecule has 2 aromatic heterocycles. The normalized spacial score (nSPS) is 16.8. The minimum absolute atomic E-state index is 0.151. The number of hydrogen-bond donors (Lipinski definition) is 0. The van der Waals surface area contributed by atoms with Crippen LogP contribution in [0.25, 0.3) is 100 Å². The van der Waals surface area contributed by atoms with Crippen molar-refractivity contribution in [3.8, 4) is 78.4 Å². The van der Waals surface area contributed by atoms with E-state index in [1.807, 2.05) is 0 Å². The maximum absolute atomic E-state index is 6.83. The number of fused-ring (bicyclic) bond motifs is 20. The van der Waals surface area contributed by atoms with E-state index < -0.39 is 5.41 Å². The van der Waals surface area contributed by atoms with E-state index in [1.54, 1.807) is 0 Å². The van der Waals surface area contributed by atoms with Crippen LogP contribution in [0, 0.1) is 0 Å². The molecular formula is C65H44N2O. The highest BCUT2D eigenvalue weighted by Gasteiger charge is 2.53. The zero-order valence-corrected chi connectivity index (χ0v) is 38.3. The molecule has 3 heteroatoms. The summed E-state index contributed by atoms with van der Waals surface area (Å²) in [7, 11) is 0. The number of hydrogen-bond acceptors (Lipinski definition) is 3. The minimum Gasteiger partial charge on any atom is -0.455 e. The number of nitrogens with zero attached hydrogens (tertiary/aromatic N) is 2. The lowest BCUT2D eigenvalue weighted by molar-refractivity contribution is 0.660. The van der Waals surface area contributed by atoms with Gasteiger partial charge in [0.2, 0.25) is 0 Å². The van der Waals surface area contributed by atoms with Gasteiger partial charge in [-0.1, -0.05) is 198 Å². The summed E-state index contributed by atoms with van der Waals surface area (Å²) in [5.41, 5.74) is 26.3. The van der Waals surface area contributed by atoms with Gasteiger partial charge in [-0.2, -0.15) is 0 Å². The molecule has 0 fully saturated rings. The molecule has 15 rings (SSSR count). The van der Waals surface area contributed by atoms with Gasteiger partial charge in [-0.3, -0.25) is 0 Å². The van der Waals surface area contributed by atoms with E-state index in [4.69, 9.17) is 14.4 Å². The highest BCUT2D eigenvalue weighted by atomic mass is 16.3. The zero-order valence-electron chi connectivity index (χ0n) is 38.3. The van der Waals surface area contributed by atoms with Crippen LogP contribution in [-0.2, 0) is 16.2 Å². The Hall–Kier alpha value is -8.14. The highest BCUT2D eigenvalue weighted by molar-refractivity contribution is 6.13. The van der Waals surface area contributed by atoms with Crippen molar-refractivity contribution in [3.05, 3.63) is 239 Å². The summed E-state index contributed by atoms with van der Waals surface area (Å²) < 4.78 is 6.83. The van der Waals surface area contributed by atoms with Crippen molar-refractivity contribution in [2.75, 3.05) is 0 Å². The van der Waals surface area contributed by atoms with E-state index in [0.29, 0.717) is 5.82 Å². The Morgan fingerprint density at radius 2 is 0.809 bits per heavy atom. The van der Waals surface area contributed by atoms with Gasteiger partial charge in [0.15, 0.2) is 5.82 Å². The molecule has 4 aliphatic carbocycles. The van der Waals surface area contributed by atoms with Crippen LogP contribution < -0.4 is 0 Å². The van der Waals surface area contributed by atoms with Gasteiger partial charge in [0.1, 0.15) is 11.2 Å². The van der Waals surface area contributed by atoms with E-state index in [1.165, 1.54) is 89.0 Å². The molecule has 0 saturated heterocycles. The van der Waals surface area contributed by atoms with Gasteiger partial charge in [-0.15, -0.1) is 0 Å². The van der Waals surface area contributed by atoms with Crippen LogP contribution >= 0.6 is 0 Å². The molecule has 0 saturated carbocycles. The first-order valence-corrected chi connectivity index (χ1v) is 23.9. The lowest BCUT2D eigenvalue weighted by atomic mass is 9.70. The topological polar surface area (TPSA) is 38.9 Å². The van der Waals surface area contributed by atoms with E-state index in [-0.39, 0.29) is 10.8 Å². The average molecular weight is 869 g/mol. The molecule has 68 heavy (non-hydrogen) atoms. The Morgan fingerprint density at radius 1 is 0.338 bits per heavy atom. The van der Waals surface area contributed by atoms with Crippen molar-refractivity contribution in [2.24, 2.45) is 0 Å². The second kappa shape index (κ2) is 13.1. The molecule has 9 aromatic carbocycles. The Balaban J connectivity index is 0.983. The molecule has 1 atom stereocenters. The van der Waals surface area contributed by atoms with Crippen LogP contribution in [0.15, 0.2) is 199 Å². The number of para-hydroxylation sites is 1. The summed E-state index contributed by atoms with van der Waals surface area (Å²) in [5.74, 6) is 0.714. The fraction of sp³-hybridized carbons (Fsp3) is 0.108. The summed E-state index contributed by atoms with van der Waals surface area (Å²) in [5, 5.41) is 2.28. The molecule has 3 nitrogen and oxygen atoms in total. The van der Waals surface area contributed by atoms with Crippen molar-refractivity contribution in [1.29, 1.82) is 0 Å². The minimum atomic E-state index is -0.581. The molecular weight excluding hydrogens is 825 g/mol. The maximum atomic E-state index is 6.83. The molecule has 4 aliphatic rings. The lowest BCUT2D eigenvalue weighted by Gasteiger charge is -2.30. The van der Waals surface area contributed by atoms with E-state index in [2.05, 4.69) is 222 Å². The van der Waals surface area contributed by atoms with Gasteiger partial charge in [0, 0.05) is 43.9 Å². The van der Waals surface area contributed by atoms with E-state index in [0.717, 1.165) is 50.0 Å². The number of aromatic nitrogens is 2. The molecule has 0 amide bonds. The lowest BCUT2D eigenvalue weighted by Crippen LogP contribution is -2.25. The molecule has 2 heterocycles. The van der Waals surface area contributed by atoms with Crippen LogP contribution in [0.2, 0.25) is 0 Å². The largest absolute Gasteiger partial charge is 0.455 e. The van der Waals surface area contributed by atoms with Crippen LogP contribution in [0.3, 0.4) is 0 Å². The zero-order chi connectivity index (χ0) is 45.3. The van der Waals surface area contributed by atoms with Gasteiger partial charge in [-0.25, -0.2) is 9.97 Å². The number of benzene rings is 9. The van der Waals surface area contributed by atoms with Crippen molar-refractivity contribution >= 4 is 21.9 Å². The molecule has 0 bridgehead atoms. The van der Waals surface area contributed by atoms with Crippen LogP contribution in [0.5, 0.6) is 0 Å². The second-order valence-corrected chi connectivity index (χ2v) is 20.4. The fourth-order valence-corrected chi connectivity index (χ4v) is 13.2. The van der Waals surface area contributed by atoms with Gasteiger partial charge in [-0.05, 0) is 108 Å². The predicted molar refractivity (Wildman–Crippen MR) is 277 cm³/mol. The average Bonchev–Trinajstić information content (AvgIpc) is 4.12. The summed E-state index contributed by atoms with van der Waals surface area (Å²) in [6.07, 6.45) is 0. The number of rotatable bonds is 3. The molecule has 0 aliphatic heterocycles. The Morgan fingerprint density at radius 3 is 1.43 bits per heavy atom. The summed E-state index contributed by atoms with van der Waals surface area (Å²) in [6.45, 7) is 9.40. The standard InChI is InChI=1S/C65H44N2O/c1-63(2)48-22-10-5-16-39(48)41-30-28-37(34-54(41)63)56-36-57(38-29-31-42-40-17-6-11-23-49(40)64(3,4)55(42)35-38)67-62(66-56)47-21-15-26-52-59(47)45-19-7-12-24-50(45)65(52)51-25-13-8-20-46(51)60-53(65)33-32-44-43-18-9-14-27-58(43)68-61(44)60/h5-36H,1-4H3. The first kappa shape index (κ1) is 38.0. The third kappa shape index (κ3) is 4.68. The molecule has 1 unspecified atom stereocenters. The third-order valence-electron chi connectivity index (χ3n) is 16.3. The van der Waals surface area contributed by atoms with E-state index in [9.17, 15) is 0 Å². The van der Waals surface area contributed by atoms with Crippen LogP contribution in [0.1, 0.15) is 72.2 Å². The number of furan rings is 1. The van der Waals surface area contributed by atoms with Gasteiger partial charge >= 0.3 is 0 Å². The van der Waals surface area contributed by atoms with Crippen LogP contribution in [-0.4, -0.2) is 9.97 Å². The van der Waals surface area contributed by atoms with Crippen molar-refractivity contribution in [3.63, 3.8) is 0 Å². The predicted octanol–water partition coefficient (Wildman–Crippen LogP) is 16.3. The Labute approximate surface area is 395 Å². The highest BCUT2D eigenvalue weighted by Crippen LogP contribution is 2.65. The second-order valence-electron chi connectivity index (χ2n) is 20.4. The van der Waals surface area contributed by atoms with Gasteiger partial charge < -0.3 is 4.42 Å². The summed E-state index contributed by atoms with van der Waals surface area (Å²) in [6, 6.07) is 71.7. The first-order valence-electron chi connectivity index (χ1n) is 23.9. The monoisotopic (exact) mass is 868 g/mol. The summed E-state index contributed by atoms with van der Waals surface area (Å²) >= 11 is 0. The maximum Gasteiger partial charge on any atom is 0.161 e. The SMILES string of the molecule is CC1(C)c2ccccc2-c2ccc(-c3cc(-c4ccc5c(c4)C(C)(C)c4ccccc4-5)nc(-c4cccc5c4-c4ccccc4C54c5ccccc5-c5c4ccc4c5oc5ccccc54)n3)cc21. The van der Waals surface area contributed by atoms with Crippen LogP contribution in [0.4, 0.5) is 0 Å². The van der Waals surface area contributed by atoms with Crippen molar-refractivity contribution in [2.45, 2.75) is 43.9 Å². The molecule has 0 N–H and O–H groups in total. The van der Waals surface area contributed by atoms with Crippen molar-refractivity contribution < 1.29 is 4.42 Å². The van der Waals surface area contributed by atoms with Crippen molar-refractivity contribution in [1.82, 2.24) is 9.97 Å². The first-order chi connectivity index (χ1) is 33.2. The molecule has 0 radical (unpaired) electrons. The van der Waals surface area contributed by atoms with Gasteiger partial charge in [0.05, 0.1) is 16.8 Å². The quantitative estimate of drug-likeness (QED) is 0.178. The Bertz CT molecular complexity index is 3930. The molecule has 11 aromatic rings. The molecule has 1 spiro atoms. The van der Waals surface area contributed by atoms with Gasteiger partial charge in [0.25, 0.3) is 0 Å².